The summed E-state index contributed by atoms with van der Waals surface area (Å²) in [5.41, 5.74) is 6.29. The molecule has 0 atom stereocenters. The van der Waals surface area contributed by atoms with Gasteiger partial charge in [-0.15, -0.1) is 0 Å². The number of likely N-dealkylation sites (N-methyl/N-ethyl adjacent to an activating group) is 1. The fraction of sp³-hybridized carbons (Fsp3) is 0.444. The van der Waals surface area contributed by atoms with Crippen LogP contribution < -0.4 is 10.6 Å². The molecule has 1 aromatic heterocycles. The monoisotopic (exact) mass is 215 g/mol. The van der Waals surface area contributed by atoms with Crippen molar-refractivity contribution in [1.29, 1.82) is 0 Å². The lowest BCUT2D eigenvalue weighted by Crippen LogP contribution is -2.27. The van der Waals surface area contributed by atoms with Crippen molar-refractivity contribution >= 4 is 23.1 Å². The van der Waals surface area contributed by atoms with E-state index < -0.39 is 0 Å². The summed E-state index contributed by atoms with van der Waals surface area (Å²) in [4.78, 5) is 6.02. The van der Waals surface area contributed by atoms with Crippen molar-refractivity contribution in [3.63, 3.8) is 0 Å². The van der Waals surface area contributed by atoms with E-state index in [-0.39, 0.29) is 6.61 Å². The predicted octanol–water partition coefficient (Wildman–Crippen LogP) is 1.14. The van der Waals surface area contributed by atoms with Gasteiger partial charge in [0.05, 0.1) is 17.3 Å². The molecule has 4 nitrogen and oxygen atoms in total. The molecule has 1 aromatic rings. The first-order chi connectivity index (χ1) is 6.69. The van der Waals surface area contributed by atoms with Crippen molar-refractivity contribution in [3.8, 4) is 0 Å². The van der Waals surface area contributed by atoms with Gasteiger partial charge in [-0.25, -0.2) is 4.98 Å². The van der Waals surface area contributed by atoms with Gasteiger partial charge in [0.1, 0.15) is 0 Å². The number of aliphatic hydroxyl groups excluding tert-OH is 1. The number of hydrogen-bond donors (Lipinski definition) is 2. The van der Waals surface area contributed by atoms with Crippen molar-refractivity contribution < 1.29 is 5.11 Å². The van der Waals surface area contributed by atoms with E-state index in [2.05, 4.69) is 4.98 Å². The number of nitrogens with zero attached hydrogens (tertiary/aromatic N) is 2. The Hall–Kier alpha value is -1.00. The van der Waals surface area contributed by atoms with Gasteiger partial charge in [-0.05, 0) is 13.0 Å². The van der Waals surface area contributed by atoms with Gasteiger partial charge in [0.15, 0.2) is 5.82 Å². The summed E-state index contributed by atoms with van der Waals surface area (Å²) in [6, 6.07) is 1.66. The minimum absolute atomic E-state index is 0.0809. The molecule has 0 spiro atoms. The van der Waals surface area contributed by atoms with E-state index in [1.165, 1.54) is 0 Å². The van der Waals surface area contributed by atoms with E-state index in [9.17, 15) is 0 Å². The summed E-state index contributed by atoms with van der Waals surface area (Å²) < 4.78 is 0. The molecule has 0 unspecified atom stereocenters. The normalized spacial score (nSPS) is 10.2. The maximum Gasteiger partial charge on any atom is 0.151 e. The Bertz CT molecular complexity index is 306. The number of halogens is 1. The maximum atomic E-state index is 8.84. The molecule has 5 heteroatoms. The van der Waals surface area contributed by atoms with Crippen LogP contribution in [0.2, 0.25) is 5.02 Å². The molecule has 14 heavy (non-hydrogen) atoms. The molecule has 0 aliphatic heterocycles. The summed E-state index contributed by atoms with van der Waals surface area (Å²) in [5.74, 6) is 0.672. The molecule has 0 saturated carbocycles. The molecule has 1 heterocycles. The fourth-order valence-corrected chi connectivity index (χ4v) is 1.41. The van der Waals surface area contributed by atoms with Crippen LogP contribution in [0.15, 0.2) is 12.3 Å². The van der Waals surface area contributed by atoms with Crippen LogP contribution in [0.25, 0.3) is 0 Å². The van der Waals surface area contributed by atoms with Crippen molar-refractivity contribution in [3.05, 3.63) is 17.3 Å². The van der Waals surface area contributed by atoms with E-state index in [1.807, 2.05) is 11.8 Å². The second-order valence-corrected chi connectivity index (χ2v) is 3.31. The van der Waals surface area contributed by atoms with Gasteiger partial charge in [-0.3, -0.25) is 0 Å². The van der Waals surface area contributed by atoms with Crippen LogP contribution in [-0.4, -0.2) is 29.8 Å². The zero-order valence-electron chi connectivity index (χ0n) is 8.07. The Labute approximate surface area is 88.3 Å². The first kappa shape index (κ1) is 11.1. The van der Waals surface area contributed by atoms with Gasteiger partial charge in [0.25, 0.3) is 0 Å². The number of aliphatic hydroxyl groups is 1. The average molecular weight is 216 g/mol. The lowest BCUT2D eigenvalue weighted by Gasteiger charge is -2.22. The highest BCUT2D eigenvalue weighted by Crippen LogP contribution is 2.22. The van der Waals surface area contributed by atoms with Crippen molar-refractivity contribution in [1.82, 2.24) is 4.98 Å². The summed E-state index contributed by atoms with van der Waals surface area (Å²) in [7, 11) is 0. The molecule has 0 fully saturated rings. The zero-order valence-corrected chi connectivity index (χ0v) is 8.83. The second kappa shape index (κ2) is 5.02. The van der Waals surface area contributed by atoms with Crippen molar-refractivity contribution in [2.75, 3.05) is 30.3 Å². The minimum Gasteiger partial charge on any atom is -0.396 e. The Morgan fingerprint density at radius 2 is 2.36 bits per heavy atom. The molecule has 0 saturated heterocycles. The lowest BCUT2D eigenvalue weighted by molar-refractivity contribution is 0.302. The quantitative estimate of drug-likeness (QED) is 0.791. The number of pyridine rings is 1. The highest BCUT2D eigenvalue weighted by atomic mass is 35.5. The van der Waals surface area contributed by atoms with Crippen LogP contribution >= 0.6 is 11.6 Å². The third kappa shape index (κ3) is 2.49. The van der Waals surface area contributed by atoms with Crippen LogP contribution in [-0.2, 0) is 0 Å². The molecule has 0 amide bonds. The van der Waals surface area contributed by atoms with Crippen LogP contribution in [0.1, 0.15) is 6.92 Å². The number of hydrogen-bond acceptors (Lipinski definition) is 4. The zero-order chi connectivity index (χ0) is 10.6. The molecule has 78 valence electrons. The largest absolute Gasteiger partial charge is 0.396 e. The van der Waals surface area contributed by atoms with Crippen molar-refractivity contribution in [2.45, 2.75) is 6.92 Å². The van der Waals surface area contributed by atoms with E-state index >= 15 is 0 Å². The molecular formula is C9H14ClN3O. The molecule has 1 rings (SSSR count). The first-order valence-electron chi connectivity index (χ1n) is 4.45. The number of rotatable bonds is 4. The summed E-state index contributed by atoms with van der Waals surface area (Å²) in [5, 5.41) is 9.36. The Balaban J connectivity index is 2.92. The highest BCUT2D eigenvalue weighted by Gasteiger charge is 2.08. The van der Waals surface area contributed by atoms with Gasteiger partial charge in [0.2, 0.25) is 0 Å². The Morgan fingerprint density at radius 3 is 2.86 bits per heavy atom. The molecule has 0 aliphatic carbocycles. The highest BCUT2D eigenvalue weighted by molar-refractivity contribution is 6.30. The number of nitrogens with two attached hydrogens (primary N) is 1. The first-order valence-corrected chi connectivity index (χ1v) is 4.83. The minimum atomic E-state index is 0.0809. The van der Waals surface area contributed by atoms with Gasteiger partial charge in [0, 0.05) is 19.3 Å². The van der Waals surface area contributed by atoms with Crippen molar-refractivity contribution in [2.24, 2.45) is 0 Å². The SMILES string of the molecule is CCN(CCO)c1ncc(Cl)cc1N. The lowest BCUT2D eigenvalue weighted by atomic mass is 10.3. The third-order valence-electron chi connectivity index (χ3n) is 1.91. The Kier molecular flexibility index (Phi) is 3.98. The molecule has 0 aliphatic rings. The van der Waals surface area contributed by atoms with Gasteiger partial charge in [-0.2, -0.15) is 0 Å². The van der Waals surface area contributed by atoms with E-state index in [0.717, 1.165) is 6.54 Å². The number of anilines is 2. The van der Waals surface area contributed by atoms with Gasteiger partial charge in [-0.1, -0.05) is 11.6 Å². The summed E-state index contributed by atoms with van der Waals surface area (Å²) in [6.07, 6.45) is 1.55. The van der Waals surface area contributed by atoms with Crippen LogP contribution in [0, 0.1) is 0 Å². The average Bonchev–Trinajstić information content (AvgIpc) is 2.15. The smallest absolute Gasteiger partial charge is 0.151 e. The number of nitrogen functional groups attached to an aromatic ring is 1. The molecular weight excluding hydrogens is 202 g/mol. The second-order valence-electron chi connectivity index (χ2n) is 2.87. The van der Waals surface area contributed by atoms with Crippen LogP contribution in [0.5, 0.6) is 0 Å². The maximum absolute atomic E-state index is 8.84. The summed E-state index contributed by atoms with van der Waals surface area (Å²) >= 11 is 5.73. The topological polar surface area (TPSA) is 62.4 Å². The fourth-order valence-electron chi connectivity index (χ4n) is 1.25. The molecule has 3 N–H and O–H groups in total. The van der Waals surface area contributed by atoms with Gasteiger partial charge >= 0.3 is 0 Å². The van der Waals surface area contributed by atoms with E-state index in [4.69, 9.17) is 22.4 Å². The van der Waals surface area contributed by atoms with E-state index in [0.29, 0.717) is 23.1 Å². The standard InChI is InChI=1S/C9H14ClN3O/c1-2-13(3-4-14)9-8(11)5-7(10)6-12-9/h5-6,14H,2-4,11H2,1H3. The van der Waals surface area contributed by atoms with Gasteiger partial charge < -0.3 is 15.7 Å². The molecule has 0 aromatic carbocycles. The summed E-state index contributed by atoms with van der Waals surface area (Å²) in [6.45, 7) is 3.33. The third-order valence-corrected chi connectivity index (χ3v) is 2.12. The molecule has 0 radical (unpaired) electrons. The van der Waals surface area contributed by atoms with E-state index in [1.54, 1.807) is 12.3 Å². The number of aromatic nitrogens is 1. The Morgan fingerprint density at radius 1 is 1.64 bits per heavy atom. The predicted molar refractivity (Wildman–Crippen MR) is 58.6 cm³/mol. The molecule has 0 bridgehead atoms. The van der Waals surface area contributed by atoms with Crippen LogP contribution in [0.4, 0.5) is 11.5 Å². The van der Waals surface area contributed by atoms with Crippen LogP contribution in [0.3, 0.4) is 0 Å².